The first kappa shape index (κ1) is 12.1. The zero-order valence-electron chi connectivity index (χ0n) is 10.5. The molecule has 2 aliphatic rings. The van der Waals surface area contributed by atoms with Crippen LogP contribution in [0.25, 0.3) is 0 Å². The molecule has 98 valence electrons. The Morgan fingerprint density at radius 1 is 1.56 bits per heavy atom. The van der Waals surface area contributed by atoms with Gasteiger partial charge in [-0.1, -0.05) is 0 Å². The van der Waals surface area contributed by atoms with Crippen molar-refractivity contribution in [3.63, 3.8) is 0 Å². The minimum absolute atomic E-state index is 0.163. The highest BCUT2D eigenvalue weighted by molar-refractivity contribution is 7.10. The Bertz CT molecular complexity index is 442. The smallest absolute Gasteiger partial charge is 0.245 e. The number of ether oxygens (including phenoxy) is 1. The van der Waals surface area contributed by atoms with Crippen molar-refractivity contribution in [2.24, 2.45) is 5.92 Å². The molecule has 1 aromatic heterocycles. The summed E-state index contributed by atoms with van der Waals surface area (Å²) in [5, 5.41) is 5.24. The summed E-state index contributed by atoms with van der Waals surface area (Å²) in [5.41, 5.74) is 1.32. The van der Waals surface area contributed by atoms with Gasteiger partial charge in [0.25, 0.3) is 0 Å². The highest BCUT2D eigenvalue weighted by Gasteiger charge is 2.33. The molecule has 18 heavy (non-hydrogen) atoms. The lowest BCUT2D eigenvalue weighted by atomic mass is 10.1. The molecule has 3 rings (SSSR count). The molecule has 1 atom stereocenters. The molecule has 1 unspecified atom stereocenters. The summed E-state index contributed by atoms with van der Waals surface area (Å²) in [6.07, 6.45) is 0.969. The van der Waals surface area contributed by atoms with Crippen LogP contribution in [-0.2, 0) is 16.0 Å². The third-order valence-electron chi connectivity index (χ3n) is 3.73. The van der Waals surface area contributed by atoms with E-state index in [1.807, 2.05) is 11.9 Å². The lowest BCUT2D eigenvalue weighted by molar-refractivity contribution is -0.136. The number of hydrogen-bond acceptors (Lipinski definition) is 4. The molecule has 0 saturated carbocycles. The molecule has 1 N–H and O–H groups in total. The Labute approximate surface area is 111 Å². The maximum absolute atomic E-state index is 12.5. The van der Waals surface area contributed by atoms with E-state index in [1.165, 1.54) is 10.4 Å². The van der Waals surface area contributed by atoms with Gasteiger partial charge >= 0.3 is 0 Å². The minimum Gasteiger partial charge on any atom is -0.381 e. The molecule has 0 spiro atoms. The second-order valence-corrected chi connectivity index (χ2v) is 5.92. The van der Waals surface area contributed by atoms with E-state index in [0.29, 0.717) is 5.92 Å². The van der Waals surface area contributed by atoms with Crippen molar-refractivity contribution in [2.75, 3.05) is 33.4 Å². The van der Waals surface area contributed by atoms with Gasteiger partial charge < -0.3 is 15.0 Å². The van der Waals surface area contributed by atoms with Gasteiger partial charge in [0.2, 0.25) is 5.91 Å². The van der Waals surface area contributed by atoms with Gasteiger partial charge in [0.15, 0.2) is 0 Å². The molecular formula is C13H18N2O2S. The Hall–Kier alpha value is -0.910. The van der Waals surface area contributed by atoms with Crippen LogP contribution in [0.2, 0.25) is 0 Å². The Morgan fingerprint density at radius 2 is 2.39 bits per heavy atom. The standard InChI is InChI=1S/C13H18N2O2S/c1-14-11-12-10(3-5-18-12)2-4-15(13(11)16)6-9-7-17-8-9/h3,5,9,11,14H,2,4,6-8H2,1H3. The maximum atomic E-state index is 12.5. The summed E-state index contributed by atoms with van der Waals surface area (Å²) in [4.78, 5) is 15.7. The predicted octanol–water partition coefficient (Wildman–Crippen LogP) is 1.04. The van der Waals surface area contributed by atoms with Crippen LogP contribution in [0.4, 0.5) is 0 Å². The average molecular weight is 266 g/mol. The fraction of sp³-hybridized carbons (Fsp3) is 0.615. The lowest BCUT2D eigenvalue weighted by Gasteiger charge is -2.33. The van der Waals surface area contributed by atoms with Gasteiger partial charge in [0.1, 0.15) is 6.04 Å². The third-order valence-corrected chi connectivity index (χ3v) is 4.75. The van der Waals surface area contributed by atoms with Crippen molar-refractivity contribution < 1.29 is 9.53 Å². The van der Waals surface area contributed by atoms with Gasteiger partial charge in [-0.25, -0.2) is 0 Å². The van der Waals surface area contributed by atoms with Crippen molar-refractivity contribution in [1.29, 1.82) is 0 Å². The zero-order valence-corrected chi connectivity index (χ0v) is 11.3. The Balaban J connectivity index is 1.79. The van der Waals surface area contributed by atoms with Crippen LogP contribution in [0.5, 0.6) is 0 Å². The summed E-state index contributed by atoms with van der Waals surface area (Å²) in [6.45, 7) is 3.27. The molecule has 4 nitrogen and oxygen atoms in total. The summed E-state index contributed by atoms with van der Waals surface area (Å²) >= 11 is 1.68. The highest BCUT2D eigenvalue weighted by atomic mass is 32.1. The number of rotatable bonds is 3. The van der Waals surface area contributed by atoms with E-state index in [9.17, 15) is 4.79 Å². The number of hydrogen-bond donors (Lipinski definition) is 1. The number of thiophene rings is 1. The predicted molar refractivity (Wildman–Crippen MR) is 70.7 cm³/mol. The van der Waals surface area contributed by atoms with E-state index in [1.54, 1.807) is 11.3 Å². The Kier molecular flexibility index (Phi) is 3.37. The molecule has 0 radical (unpaired) electrons. The fourth-order valence-corrected chi connectivity index (χ4v) is 3.66. The van der Waals surface area contributed by atoms with Crippen molar-refractivity contribution in [3.8, 4) is 0 Å². The van der Waals surface area contributed by atoms with Crippen molar-refractivity contribution in [3.05, 3.63) is 21.9 Å². The number of amides is 1. The number of carbonyl (C=O) groups excluding carboxylic acids is 1. The van der Waals surface area contributed by atoms with E-state index in [2.05, 4.69) is 16.8 Å². The second kappa shape index (κ2) is 4.99. The second-order valence-electron chi connectivity index (χ2n) is 4.97. The van der Waals surface area contributed by atoms with E-state index >= 15 is 0 Å². The molecule has 1 amide bonds. The molecule has 1 fully saturated rings. The molecule has 5 heteroatoms. The number of carbonyl (C=O) groups is 1. The van der Waals surface area contributed by atoms with Crippen molar-refractivity contribution in [1.82, 2.24) is 10.2 Å². The van der Waals surface area contributed by atoms with Crippen LogP contribution in [0.1, 0.15) is 16.5 Å². The summed E-state index contributed by atoms with van der Waals surface area (Å²) in [5.74, 6) is 0.744. The largest absolute Gasteiger partial charge is 0.381 e. The van der Waals surface area contributed by atoms with Crippen LogP contribution >= 0.6 is 11.3 Å². The van der Waals surface area contributed by atoms with Crippen molar-refractivity contribution >= 4 is 17.2 Å². The summed E-state index contributed by atoms with van der Waals surface area (Å²) in [7, 11) is 1.86. The van der Waals surface area contributed by atoms with E-state index < -0.39 is 0 Å². The number of nitrogens with zero attached hydrogens (tertiary/aromatic N) is 1. The molecule has 2 aliphatic heterocycles. The molecule has 1 saturated heterocycles. The molecule has 3 heterocycles. The number of fused-ring (bicyclic) bond motifs is 1. The molecule has 0 aliphatic carbocycles. The monoisotopic (exact) mass is 266 g/mol. The lowest BCUT2D eigenvalue weighted by Crippen LogP contribution is -2.45. The maximum Gasteiger partial charge on any atom is 0.245 e. The van der Waals surface area contributed by atoms with Gasteiger partial charge in [0.05, 0.1) is 13.2 Å². The molecule has 0 bridgehead atoms. The first-order valence-corrected chi connectivity index (χ1v) is 7.27. The molecule has 1 aromatic rings. The Morgan fingerprint density at radius 3 is 3.06 bits per heavy atom. The van der Waals surface area contributed by atoms with Crippen LogP contribution in [0.15, 0.2) is 11.4 Å². The van der Waals surface area contributed by atoms with Gasteiger partial charge in [-0.15, -0.1) is 11.3 Å². The average Bonchev–Trinajstić information content (AvgIpc) is 2.72. The third kappa shape index (κ3) is 2.06. The first-order chi connectivity index (χ1) is 8.79. The molecular weight excluding hydrogens is 248 g/mol. The number of likely N-dealkylation sites (N-methyl/N-ethyl adjacent to an activating group) is 1. The minimum atomic E-state index is -0.163. The van der Waals surface area contributed by atoms with Crippen LogP contribution < -0.4 is 5.32 Å². The molecule has 0 aromatic carbocycles. The highest BCUT2D eigenvalue weighted by Crippen LogP contribution is 2.30. The van der Waals surface area contributed by atoms with Crippen LogP contribution in [0.3, 0.4) is 0 Å². The summed E-state index contributed by atoms with van der Waals surface area (Å²) in [6, 6.07) is 1.98. The number of nitrogens with one attached hydrogen (secondary N) is 1. The van der Waals surface area contributed by atoms with Gasteiger partial charge in [0, 0.05) is 23.9 Å². The SMILES string of the molecule is CNC1C(=O)N(CC2COC2)CCc2ccsc21. The van der Waals surface area contributed by atoms with Crippen molar-refractivity contribution in [2.45, 2.75) is 12.5 Å². The zero-order chi connectivity index (χ0) is 12.5. The van der Waals surface area contributed by atoms with Gasteiger partial charge in [-0.2, -0.15) is 0 Å². The van der Waals surface area contributed by atoms with E-state index in [0.717, 1.165) is 32.7 Å². The van der Waals surface area contributed by atoms with Crippen LogP contribution in [-0.4, -0.2) is 44.2 Å². The van der Waals surface area contributed by atoms with E-state index in [4.69, 9.17) is 4.74 Å². The normalized spacial score (nSPS) is 24.6. The van der Waals surface area contributed by atoms with Gasteiger partial charge in [-0.3, -0.25) is 4.79 Å². The first-order valence-electron chi connectivity index (χ1n) is 6.39. The fourth-order valence-electron chi connectivity index (χ4n) is 2.61. The topological polar surface area (TPSA) is 41.6 Å². The quantitative estimate of drug-likeness (QED) is 0.889. The summed E-state index contributed by atoms with van der Waals surface area (Å²) < 4.78 is 5.19. The van der Waals surface area contributed by atoms with E-state index in [-0.39, 0.29) is 11.9 Å². The van der Waals surface area contributed by atoms with Crippen LogP contribution in [0, 0.1) is 5.92 Å². The van der Waals surface area contributed by atoms with Gasteiger partial charge in [-0.05, 0) is 30.5 Å².